The summed E-state index contributed by atoms with van der Waals surface area (Å²) < 4.78 is 0. The highest BCUT2D eigenvalue weighted by Gasteiger charge is 2.25. The maximum Gasteiger partial charge on any atom is 0.310 e. The molecule has 6 nitrogen and oxygen atoms in total. The van der Waals surface area contributed by atoms with Crippen molar-refractivity contribution in [3.05, 3.63) is 33.3 Å². The van der Waals surface area contributed by atoms with E-state index in [-0.39, 0.29) is 23.3 Å². The summed E-state index contributed by atoms with van der Waals surface area (Å²) in [6.45, 7) is 3.53. The average Bonchev–Trinajstić information content (AvgIpc) is 2.24. The molecule has 1 aromatic carbocycles. The van der Waals surface area contributed by atoms with Gasteiger partial charge in [0, 0.05) is 6.04 Å². The average molecular weight is 272 g/mol. The number of carbonyl (C=O) groups is 1. The summed E-state index contributed by atoms with van der Waals surface area (Å²) in [6, 6.07) is 4.47. The van der Waals surface area contributed by atoms with Gasteiger partial charge in [-0.05, 0) is 26.0 Å². The van der Waals surface area contributed by atoms with Gasteiger partial charge in [0.2, 0.25) is 5.91 Å². The quantitative estimate of drug-likeness (QED) is 0.655. The number of carbonyl (C=O) groups excluding carboxylic acids is 1. The number of hydrogen-bond acceptors (Lipinski definition) is 4. The topological polar surface area (TPSA) is 89.5 Å². The van der Waals surface area contributed by atoms with Crippen molar-refractivity contribution in [3.8, 4) is 0 Å². The van der Waals surface area contributed by atoms with Crippen LogP contribution in [0.3, 0.4) is 0 Å². The van der Waals surface area contributed by atoms with Crippen molar-refractivity contribution in [3.63, 3.8) is 0 Å². The van der Waals surface area contributed by atoms with Gasteiger partial charge in [0.25, 0.3) is 0 Å². The summed E-state index contributed by atoms with van der Waals surface area (Å²) in [7, 11) is 0. The van der Waals surface area contributed by atoms with Gasteiger partial charge in [0.1, 0.15) is 10.7 Å². The molecule has 0 fully saturated rings. The van der Waals surface area contributed by atoms with Gasteiger partial charge in [-0.2, -0.15) is 0 Å². The second-order valence-corrected chi connectivity index (χ2v) is 4.46. The number of hydrogen-bond donors (Lipinski definition) is 1. The fourth-order valence-corrected chi connectivity index (χ4v) is 1.87. The van der Waals surface area contributed by atoms with Crippen molar-refractivity contribution in [2.45, 2.75) is 19.9 Å². The summed E-state index contributed by atoms with van der Waals surface area (Å²) in [5.41, 5.74) is 5.23. The molecule has 98 valence electrons. The molecule has 0 unspecified atom stereocenters. The SMILES string of the molecule is CC(C)N(CC(N)=O)c1cccc(Cl)c1[N+](=O)[O-]. The summed E-state index contributed by atoms with van der Waals surface area (Å²) >= 11 is 5.83. The van der Waals surface area contributed by atoms with E-state index in [1.54, 1.807) is 17.0 Å². The molecule has 2 N–H and O–H groups in total. The molecule has 18 heavy (non-hydrogen) atoms. The van der Waals surface area contributed by atoms with Gasteiger partial charge in [-0.3, -0.25) is 14.9 Å². The Morgan fingerprint density at radius 1 is 1.56 bits per heavy atom. The molecule has 0 aromatic heterocycles. The Bertz CT molecular complexity index is 477. The molecule has 0 aliphatic rings. The normalized spacial score (nSPS) is 10.4. The molecule has 0 radical (unpaired) electrons. The molecule has 0 heterocycles. The van der Waals surface area contributed by atoms with Crippen molar-refractivity contribution >= 4 is 28.9 Å². The number of nitrogens with two attached hydrogens (primary N) is 1. The molecule has 0 aliphatic heterocycles. The van der Waals surface area contributed by atoms with Crippen molar-refractivity contribution in [1.82, 2.24) is 0 Å². The number of para-hydroxylation sites is 1. The summed E-state index contributed by atoms with van der Waals surface area (Å²) in [5, 5.41) is 11.1. The van der Waals surface area contributed by atoms with E-state index in [4.69, 9.17) is 17.3 Å². The largest absolute Gasteiger partial charge is 0.368 e. The number of anilines is 1. The van der Waals surface area contributed by atoms with Gasteiger partial charge in [-0.1, -0.05) is 17.7 Å². The van der Waals surface area contributed by atoms with E-state index in [1.165, 1.54) is 6.07 Å². The molecule has 0 spiro atoms. The van der Waals surface area contributed by atoms with E-state index in [0.29, 0.717) is 5.69 Å². The smallest absolute Gasteiger partial charge is 0.310 e. The number of primary amides is 1. The lowest BCUT2D eigenvalue weighted by Crippen LogP contribution is -2.38. The number of halogens is 1. The van der Waals surface area contributed by atoms with Crippen LogP contribution >= 0.6 is 11.6 Å². The Hall–Kier alpha value is -1.82. The van der Waals surface area contributed by atoms with E-state index >= 15 is 0 Å². The first-order chi connectivity index (χ1) is 8.34. The maximum absolute atomic E-state index is 11.0. The number of benzene rings is 1. The standard InChI is InChI=1S/C11H14ClN3O3/c1-7(2)14(6-10(13)16)9-5-3-4-8(12)11(9)15(17)18/h3-5,7H,6H2,1-2H3,(H2,13,16). The molecular formula is C11H14ClN3O3. The zero-order valence-electron chi connectivity index (χ0n) is 10.1. The monoisotopic (exact) mass is 271 g/mol. The molecular weight excluding hydrogens is 258 g/mol. The summed E-state index contributed by atoms with van der Waals surface area (Å²) in [4.78, 5) is 23.1. The third kappa shape index (κ3) is 3.10. The number of nitrogens with zero attached hydrogens (tertiary/aromatic N) is 2. The number of rotatable bonds is 5. The second kappa shape index (κ2) is 5.68. The first-order valence-electron chi connectivity index (χ1n) is 5.32. The van der Waals surface area contributed by atoms with Gasteiger partial charge >= 0.3 is 5.69 Å². The predicted molar refractivity (Wildman–Crippen MR) is 69.8 cm³/mol. The Morgan fingerprint density at radius 2 is 2.17 bits per heavy atom. The molecule has 7 heteroatoms. The van der Waals surface area contributed by atoms with Crippen molar-refractivity contribution in [2.75, 3.05) is 11.4 Å². The highest BCUT2D eigenvalue weighted by atomic mass is 35.5. The zero-order chi connectivity index (χ0) is 13.9. The Balaban J connectivity index is 3.32. The molecule has 1 amide bonds. The highest BCUT2D eigenvalue weighted by molar-refractivity contribution is 6.33. The van der Waals surface area contributed by atoms with Crippen LogP contribution in [0.25, 0.3) is 0 Å². The number of amides is 1. The first kappa shape index (κ1) is 14.2. The lowest BCUT2D eigenvalue weighted by molar-refractivity contribution is -0.384. The second-order valence-electron chi connectivity index (χ2n) is 4.05. The molecule has 0 bridgehead atoms. The van der Waals surface area contributed by atoms with Gasteiger partial charge in [-0.25, -0.2) is 0 Å². The van der Waals surface area contributed by atoms with E-state index < -0.39 is 10.8 Å². The molecule has 0 aliphatic carbocycles. The van der Waals surface area contributed by atoms with Crippen LogP contribution in [0.2, 0.25) is 5.02 Å². The van der Waals surface area contributed by atoms with Crippen LogP contribution < -0.4 is 10.6 Å². The minimum Gasteiger partial charge on any atom is -0.368 e. The van der Waals surface area contributed by atoms with E-state index in [0.717, 1.165) is 0 Å². The Kier molecular flexibility index (Phi) is 4.49. The predicted octanol–water partition coefficient (Wildman–Crippen LogP) is 1.95. The third-order valence-electron chi connectivity index (χ3n) is 2.41. The molecule has 1 rings (SSSR count). The van der Waals surface area contributed by atoms with Crippen LogP contribution in [0.5, 0.6) is 0 Å². The summed E-state index contributed by atoms with van der Waals surface area (Å²) in [5.74, 6) is -0.557. The van der Waals surface area contributed by atoms with Gasteiger partial charge in [-0.15, -0.1) is 0 Å². The Labute approximate surface area is 109 Å². The lowest BCUT2D eigenvalue weighted by Gasteiger charge is -2.27. The molecule has 0 saturated carbocycles. The van der Waals surface area contributed by atoms with E-state index in [2.05, 4.69) is 0 Å². The van der Waals surface area contributed by atoms with E-state index in [9.17, 15) is 14.9 Å². The van der Waals surface area contributed by atoms with Crippen LogP contribution in [0.15, 0.2) is 18.2 Å². The number of nitro groups is 1. The van der Waals surface area contributed by atoms with Crippen LogP contribution in [0, 0.1) is 10.1 Å². The first-order valence-corrected chi connectivity index (χ1v) is 5.70. The van der Waals surface area contributed by atoms with E-state index in [1.807, 2.05) is 13.8 Å². The maximum atomic E-state index is 11.0. The highest BCUT2D eigenvalue weighted by Crippen LogP contribution is 2.35. The fourth-order valence-electron chi connectivity index (χ4n) is 1.63. The molecule has 0 saturated heterocycles. The van der Waals surface area contributed by atoms with Crippen molar-refractivity contribution < 1.29 is 9.72 Å². The minimum absolute atomic E-state index is 0.0348. The van der Waals surface area contributed by atoms with Crippen LogP contribution in [0.1, 0.15) is 13.8 Å². The zero-order valence-corrected chi connectivity index (χ0v) is 10.8. The number of nitro benzene ring substituents is 1. The fraction of sp³-hybridized carbons (Fsp3) is 0.364. The molecule has 1 aromatic rings. The summed E-state index contributed by atoms with van der Waals surface area (Å²) in [6.07, 6.45) is 0. The van der Waals surface area contributed by atoms with Crippen molar-refractivity contribution in [2.24, 2.45) is 5.73 Å². The minimum atomic E-state index is -0.561. The molecule has 0 atom stereocenters. The van der Waals surface area contributed by atoms with Gasteiger partial charge < -0.3 is 10.6 Å². The van der Waals surface area contributed by atoms with Crippen LogP contribution in [0.4, 0.5) is 11.4 Å². The van der Waals surface area contributed by atoms with Crippen LogP contribution in [-0.2, 0) is 4.79 Å². The lowest BCUT2D eigenvalue weighted by atomic mass is 10.2. The van der Waals surface area contributed by atoms with Gasteiger partial charge in [0.15, 0.2) is 0 Å². The van der Waals surface area contributed by atoms with Gasteiger partial charge in [0.05, 0.1) is 11.5 Å². The van der Waals surface area contributed by atoms with Crippen molar-refractivity contribution in [1.29, 1.82) is 0 Å². The Morgan fingerprint density at radius 3 is 2.61 bits per heavy atom. The third-order valence-corrected chi connectivity index (χ3v) is 2.71. The van der Waals surface area contributed by atoms with Crippen LogP contribution in [-0.4, -0.2) is 23.4 Å².